The first-order valence-electron chi connectivity index (χ1n) is 5.62. The smallest absolute Gasteiger partial charge is 0.0333 e. The lowest BCUT2D eigenvalue weighted by molar-refractivity contribution is 0.404. The molecule has 15 heavy (non-hydrogen) atoms. The first kappa shape index (κ1) is 13.0. The van der Waals surface area contributed by atoms with Gasteiger partial charge in [0, 0.05) is 9.61 Å². The van der Waals surface area contributed by atoms with Gasteiger partial charge in [-0.3, -0.25) is 0 Å². The summed E-state index contributed by atoms with van der Waals surface area (Å²) in [6, 6.07) is 6.60. The topological polar surface area (TPSA) is 26.0 Å². The van der Waals surface area contributed by atoms with E-state index in [0.717, 1.165) is 12.8 Å². The average molecular weight is 317 g/mol. The van der Waals surface area contributed by atoms with E-state index in [1.165, 1.54) is 14.7 Å². The van der Waals surface area contributed by atoms with Crippen molar-refractivity contribution in [3.8, 4) is 0 Å². The maximum Gasteiger partial charge on any atom is 0.0333 e. The van der Waals surface area contributed by atoms with E-state index in [9.17, 15) is 0 Å². The zero-order valence-corrected chi connectivity index (χ0v) is 11.9. The van der Waals surface area contributed by atoms with E-state index in [1.807, 2.05) is 0 Å². The highest BCUT2D eigenvalue weighted by Gasteiger charge is 2.18. The van der Waals surface area contributed by atoms with Crippen molar-refractivity contribution in [1.82, 2.24) is 0 Å². The third kappa shape index (κ3) is 2.94. The summed E-state index contributed by atoms with van der Waals surface area (Å²) in [7, 11) is 0. The third-order valence-corrected chi connectivity index (χ3v) is 4.61. The lowest BCUT2D eigenvalue weighted by Crippen LogP contribution is -2.21. The molecule has 0 aliphatic carbocycles. The molecule has 2 N–H and O–H groups in total. The minimum Gasteiger partial charge on any atom is -0.324 e. The van der Waals surface area contributed by atoms with Crippen LogP contribution < -0.4 is 5.73 Å². The van der Waals surface area contributed by atoms with Crippen LogP contribution in [0.3, 0.4) is 0 Å². The summed E-state index contributed by atoms with van der Waals surface area (Å²) in [6.07, 6.45) is 2.31. The third-order valence-electron chi connectivity index (χ3n) is 3.14. The Hall–Kier alpha value is -0.0900. The highest BCUT2D eigenvalue weighted by Crippen LogP contribution is 2.29. The number of halogens is 1. The van der Waals surface area contributed by atoms with Crippen LogP contribution in [0.5, 0.6) is 0 Å². The molecule has 84 valence electrons. The van der Waals surface area contributed by atoms with E-state index >= 15 is 0 Å². The van der Waals surface area contributed by atoms with Crippen LogP contribution in [0.15, 0.2) is 18.2 Å². The van der Waals surface area contributed by atoms with Crippen LogP contribution in [-0.2, 0) is 0 Å². The van der Waals surface area contributed by atoms with Gasteiger partial charge in [-0.15, -0.1) is 0 Å². The van der Waals surface area contributed by atoms with Crippen LogP contribution in [0.25, 0.3) is 0 Å². The number of rotatable bonds is 4. The summed E-state index contributed by atoms with van der Waals surface area (Å²) in [4.78, 5) is 0. The summed E-state index contributed by atoms with van der Waals surface area (Å²) in [5.41, 5.74) is 8.96. The molecule has 0 heterocycles. The van der Waals surface area contributed by atoms with E-state index in [-0.39, 0.29) is 6.04 Å². The first-order chi connectivity index (χ1) is 7.11. The van der Waals surface area contributed by atoms with Crippen LogP contribution in [0.1, 0.15) is 43.9 Å². The zero-order valence-electron chi connectivity index (χ0n) is 9.76. The minimum absolute atomic E-state index is 0.187. The molecule has 0 saturated carbocycles. The van der Waals surface area contributed by atoms with Crippen molar-refractivity contribution >= 4 is 22.6 Å². The highest BCUT2D eigenvalue weighted by molar-refractivity contribution is 14.1. The maximum atomic E-state index is 6.33. The van der Waals surface area contributed by atoms with Gasteiger partial charge in [0.2, 0.25) is 0 Å². The molecule has 0 aliphatic heterocycles. The van der Waals surface area contributed by atoms with Crippen LogP contribution in [0.2, 0.25) is 0 Å². The predicted molar refractivity (Wildman–Crippen MR) is 74.9 cm³/mol. The zero-order chi connectivity index (χ0) is 11.4. The molecule has 1 aromatic rings. The van der Waals surface area contributed by atoms with Gasteiger partial charge >= 0.3 is 0 Å². The second-order valence-corrected chi connectivity index (χ2v) is 5.16. The molecular weight excluding hydrogens is 297 g/mol. The molecule has 0 aromatic heterocycles. The molecule has 1 atom stereocenters. The summed E-state index contributed by atoms with van der Waals surface area (Å²) in [6.45, 7) is 6.58. The van der Waals surface area contributed by atoms with Gasteiger partial charge in [0.25, 0.3) is 0 Å². The quantitative estimate of drug-likeness (QED) is 0.834. The van der Waals surface area contributed by atoms with Gasteiger partial charge in [0.15, 0.2) is 0 Å². The molecular formula is C13H20IN. The largest absolute Gasteiger partial charge is 0.324 e. The first-order valence-corrected chi connectivity index (χ1v) is 6.70. The van der Waals surface area contributed by atoms with Crippen molar-refractivity contribution in [3.05, 3.63) is 32.9 Å². The fraction of sp³-hybridized carbons (Fsp3) is 0.538. The summed E-state index contributed by atoms with van der Waals surface area (Å²) in [5, 5.41) is 0. The lowest BCUT2D eigenvalue weighted by atomic mass is 9.89. The molecule has 2 heteroatoms. The molecule has 1 aromatic carbocycles. The van der Waals surface area contributed by atoms with Gasteiger partial charge in [0.1, 0.15) is 0 Å². The molecule has 1 rings (SSSR count). The van der Waals surface area contributed by atoms with Gasteiger partial charge < -0.3 is 5.73 Å². The Morgan fingerprint density at radius 1 is 1.27 bits per heavy atom. The lowest BCUT2D eigenvalue weighted by Gasteiger charge is -2.23. The molecule has 0 spiro atoms. The maximum absolute atomic E-state index is 6.33. The Labute approximate surface area is 107 Å². The SMILES string of the molecule is CCC(CC)C(N)c1cccc(C)c1I. The monoisotopic (exact) mass is 317 g/mol. The van der Waals surface area contributed by atoms with Crippen LogP contribution in [-0.4, -0.2) is 0 Å². The van der Waals surface area contributed by atoms with Crippen molar-refractivity contribution in [1.29, 1.82) is 0 Å². The average Bonchev–Trinajstić information content (AvgIpc) is 2.23. The van der Waals surface area contributed by atoms with Crippen molar-refractivity contribution in [2.75, 3.05) is 0 Å². The molecule has 0 saturated heterocycles. The van der Waals surface area contributed by atoms with Crippen molar-refractivity contribution < 1.29 is 0 Å². The molecule has 0 amide bonds. The Kier molecular flexibility index (Phi) is 5.06. The Morgan fingerprint density at radius 2 is 1.87 bits per heavy atom. The number of hydrogen-bond acceptors (Lipinski definition) is 1. The molecule has 0 radical (unpaired) electrons. The van der Waals surface area contributed by atoms with E-state index < -0.39 is 0 Å². The molecule has 0 bridgehead atoms. The van der Waals surface area contributed by atoms with Crippen molar-refractivity contribution in [2.24, 2.45) is 11.7 Å². The second-order valence-electron chi connectivity index (χ2n) is 4.08. The van der Waals surface area contributed by atoms with E-state index in [0.29, 0.717) is 5.92 Å². The molecule has 0 fully saturated rings. The number of aryl methyl sites for hydroxylation is 1. The Bertz CT molecular complexity index is 318. The van der Waals surface area contributed by atoms with Crippen LogP contribution in [0.4, 0.5) is 0 Å². The van der Waals surface area contributed by atoms with Gasteiger partial charge in [0.05, 0.1) is 0 Å². The highest BCUT2D eigenvalue weighted by atomic mass is 127. The second kappa shape index (κ2) is 5.85. The van der Waals surface area contributed by atoms with E-state index in [2.05, 4.69) is 61.6 Å². The Morgan fingerprint density at radius 3 is 2.40 bits per heavy atom. The fourth-order valence-electron chi connectivity index (χ4n) is 1.98. The van der Waals surface area contributed by atoms with Gasteiger partial charge in [-0.25, -0.2) is 0 Å². The van der Waals surface area contributed by atoms with Gasteiger partial charge in [-0.05, 0) is 46.6 Å². The number of hydrogen-bond donors (Lipinski definition) is 1. The standard InChI is InChI=1S/C13H20IN/c1-4-10(5-2)13(15)11-8-6-7-9(3)12(11)14/h6-8,10,13H,4-5,15H2,1-3H3. The van der Waals surface area contributed by atoms with E-state index in [4.69, 9.17) is 5.73 Å². The normalized spacial score (nSPS) is 13.2. The van der Waals surface area contributed by atoms with E-state index in [1.54, 1.807) is 0 Å². The summed E-state index contributed by atoms with van der Waals surface area (Å²) < 4.78 is 1.33. The minimum atomic E-state index is 0.187. The van der Waals surface area contributed by atoms with Crippen molar-refractivity contribution in [2.45, 2.75) is 39.7 Å². The Balaban J connectivity index is 2.99. The number of benzene rings is 1. The van der Waals surface area contributed by atoms with Gasteiger partial charge in [-0.2, -0.15) is 0 Å². The molecule has 1 unspecified atom stereocenters. The van der Waals surface area contributed by atoms with Crippen LogP contribution >= 0.6 is 22.6 Å². The summed E-state index contributed by atoms with van der Waals surface area (Å²) in [5.74, 6) is 0.598. The summed E-state index contributed by atoms with van der Waals surface area (Å²) >= 11 is 2.41. The fourth-order valence-corrected chi connectivity index (χ4v) is 2.70. The predicted octanol–water partition coefficient (Wildman–Crippen LogP) is 4.04. The number of nitrogens with two attached hydrogens (primary N) is 1. The van der Waals surface area contributed by atoms with Gasteiger partial charge in [-0.1, -0.05) is 44.9 Å². The van der Waals surface area contributed by atoms with Crippen LogP contribution in [0, 0.1) is 16.4 Å². The molecule has 0 aliphatic rings. The van der Waals surface area contributed by atoms with Crippen molar-refractivity contribution in [3.63, 3.8) is 0 Å². The molecule has 1 nitrogen and oxygen atoms in total.